The van der Waals surface area contributed by atoms with Gasteiger partial charge in [-0.05, 0) is 32.4 Å². The van der Waals surface area contributed by atoms with Crippen LogP contribution in [0.15, 0.2) is 0 Å². The highest BCUT2D eigenvalue weighted by Crippen LogP contribution is 2.32. The molecule has 2 aliphatic heterocycles. The van der Waals surface area contributed by atoms with Crippen LogP contribution in [0.4, 0.5) is 0 Å². The third-order valence-corrected chi connectivity index (χ3v) is 4.57. The van der Waals surface area contributed by atoms with Crippen molar-refractivity contribution in [2.24, 2.45) is 5.41 Å². The highest BCUT2D eigenvalue weighted by atomic mass is 16.2. The van der Waals surface area contributed by atoms with Gasteiger partial charge in [0.2, 0.25) is 5.91 Å². The minimum Gasteiger partial charge on any atom is -0.340 e. The van der Waals surface area contributed by atoms with Gasteiger partial charge in [-0.1, -0.05) is 13.8 Å². The molecule has 18 heavy (non-hydrogen) atoms. The van der Waals surface area contributed by atoms with E-state index in [2.05, 4.69) is 29.0 Å². The molecule has 1 unspecified atom stereocenters. The van der Waals surface area contributed by atoms with Crippen LogP contribution in [0, 0.1) is 5.41 Å². The molecule has 1 atom stereocenters. The van der Waals surface area contributed by atoms with E-state index in [1.54, 1.807) is 0 Å². The average Bonchev–Trinajstić information content (AvgIpc) is 2.89. The Morgan fingerprint density at radius 1 is 1.22 bits per heavy atom. The van der Waals surface area contributed by atoms with E-state index in [1.165, 1.54) is 13.0 Å². The lowest BCUT2D eigenvalue weighted by atomic mass is 9.82. The van der Waals surface area contributed by atoms with Crippen molar-refractivity contribution in [3.05, 3.63) is 0 Å². The molecule has 2 heterocycles. The van der Waals surface area contributed by atoms with Crippen LogP contribution in [0.2, 0.25) is 0 Å². The standard InChI is InChI=1S/C14H27N3O/c1-3-7-16-8-10-17(11-9-16)13(18)14(4-2)5-6-15-12-14/h15H,3-12H2,1-2H3. The molecule has 2 aliphatic rings. The Morgan fingerprint density at radius 3 is 2.44 bits per heavy atom. The molecule has 0 spiro atoms. The molecule has 0 bridgehead atoms. The SMILES string of the molecule is CCCN1CCN(C(=O)C2(CC)CCNC2)CC1. The number of amides is 1. The lowest BCUT2D eigenvalue weighted by molar-refractivity contribution is -0.143. The molecule has 0 aliphatic carbocycles. The predicted molar refractivity (Wildman–Crippen MR) is 73.5 cm³/mol. The van der Waals surface area contributed by atoms with Gasteiger partial charge in [-0.3, -0.25) is 9.69 Å². The van der Waals surface area contributed by atoms with Gasteiger partial charge < -0.3 is 10.2 Å². The van der Waals surface area contributed by atoms with Crippen LogP contribution in [-0.2, 0) is 4.79 Å². The van der Waals surface area contributed by atoms with Gasteiger partial charge in [0.05, 0.1) is 5.41 Å². The second-order valence-corrected chi connectivity index (χ2v) is 5.69. The summed E-state index contributed by atoms with van der Waals surface area (Å²) in [6.45, 7) is 11.3. The van der Waals surface area contributed by atoms with Crippen molar-refractivity contribution < 1.29 is 4.79 Å². The Hall–Kier alpha value is -0.610. The Kier molecular flexibility index (Phi) is 4.62. The first-order chi connectivity index (χ1) is 8.72. The smallest absolute Gasteiger partial charge is 0.230 e. The van der Waals surface area contributed by atoms with Gasteiger partial charge >= 0.3 is 0 Å². The average molecular weight is 253 g/mol. The van der Waals surface area contributed by atoms with Crippen LogP contribution < -0.4 is 5.32 Å². The molecule has 0 aromatic heterocycles. The summed E-state index contributed by atoms with van der Waals surface area (Å²) in [5.41, 5.74) is -0.104. The van der Waals surface area contributed by atoms with Gasteiger partial charge in [-0.25, -0.2) is 0 Å². The molecule has 2 rings (SSSR count). The number of nitrogens with zero attached hydrogens (tertiary/aromatic N) is 2. The molecule has 0 aromatic carbocycles. The topological polar surface area (TPSA) is 35.6 Å². The first-order valence-corrected chi connectivity index (χ1v) is 7.44. The van der Waals surface area contributed by atoms with E-state index < -0.39 is 0 Å². The molecule has 0 saturated carbocycles. The highest BCUT2D eigenvalue weighted by molar-refractivity contribution is 5.83. The fourth-order valence-corrected chi connectivity index (χ4v) is 3.21. The minimum absolute atomic E-state index is 0.104. The van der Waals surface area contributed by atoms with E-state index in [-0.39, 0.29) is 5.41 Å². The Morgan fingerprint density at radius 2 is 1.94 bits per heavy atom. The predicted octanol–water partition coefficient (Wildman–Crippen LogP) is 0.930. The van der Waals surface area contributed by atoms with E-state index in [9.17, 15) is 4.79 Å². The number of nitrogens with one attached hydrogen (secondary N) is 1. The Bertz CT molecular complexity index is 279. The summed E-state index contributed by atoms with van der Waals surface area (Å²) in [5.74, 6) is 0.395. The maximum absolute atomic E-state index is 12.7. The third kappa shape index (κ3) is 2.69. The number of carbonyl (C=O) groups is 1. The number of hydrogen-bond donors (Lipinski definition) is 1. The second-order valence-electron chi connectivity index (χ2n) is 5.69. The van der Waals surface area contributed by atoms with Crippen molar-refractivity contribution in [1.29, 1.82) is 0 Å². The van der Waals surface area contributed by atoms with Crippen molar-refractivity contribution in [3.63, 3.8) is 0 Å². The van der Waals surface area contributed by atoms with Gasteiger partial charge in [0.1, 0.15) is 0 Å². The maximum Gasteiger partial charge on any atom is 0.230 e. The van der Waals surface area contributed by atoms with Crippen LogP contribution in [0.25, 0.3) is 0 Å². The van der Waals surface area contributed by atoms with Crippen molar-refractivity contribution in [3.8, 4) is 0 Å². The first-order valence-electron chi connectivity index (χ1n) is 7.44. The minimum atomic E-state index is -0.104. The van der Waals surface area contributed by atoms with Gasteiger partial charge in [0, 0.05) is 32.7 Å². The van der Waals surface area contributed by atoms with Gasteiger partial charge in [0.25, 0.3) is 0 Å². The summed E-state index contributed by atoms with van der Waals surface area (Å²) < 4.78 is 0. The summed E-state index contributed by atoms with van der Waals surface area (Å²) in [7, 11) is 0. The van der Waals surface area contributed by atoms with Crippen LogP contribution in [0.1, 0.15) is 33.1 Å². The zero-order valence-electron chi connectivity index (χ0n) is 11.9. The fourth-order valence-electron chi connectivity index (χ4n) is 3.21. The highest BCUT2D eigenvalue weighted by Gasteiger charge is 2.42. The molecule has 4 nitrogen and oxygen atoms in total. The molecular weight excluding hydrogens is 226 g/mol. The van der Waals surface area contributed by atoms with Crippen molar-refractivity contribution in [1.82, 2.24) is 15.1 Å². The van der Waals surface area contributed by atoms with Gasteiger partial charge in [-0.15, -0.1) is 0 Å². The number of piperazine rings is 1. The van der Waals surface area contributed by atoms with E-state index in [1.807, 2.05) is 0 Å². The van der Waals surface area contributed by atoms with E-state index in [4.69, 9.17) is 0 Å². The van der Waals surface area contributed by atoms with Crippen LogP contribution in [0.5, 0.6) is 0 Å². The van der Waals surface area contributed by atoms with Crippen LogP contribution >= 0.6 is 0 Å². The van der Waals surface area contributed by atoms with Crippen molar-refractivity contribution in [2.45, 2.75) is 33.1 Å². The molecule has 1 N–H and O–H groups in total. The fraction of sp³-hybridized carbons (Fsp3) is 0.929. The van der Waals surface area contributed by atoms with E-state index >= 15 is 0 Å². The van der Waals surface area contributed by atoms with Gasteiger partial charge in [0.15, 0.2) is 0 Å². The Balaban J connectivity index is 1.90. The molecule has 0 aromatic rings. The summed E-state index contributed by atoms with van der Waals surface area (Å²) in [6, 6.07) is 0. The monoisotopic (exact) mass is 253 g/mol. The lowest BCUT2D eigenvalue weighted by Crippen LogP contribution is -2.53. The molecule has 2 fully saturated rings. The number of hydrogen-bond acceptors (Lipinski definition) is 3. The molecule has 1 amide bonds. The van der Waals surface area contributed by atoms with Crippen molar-refractivity contribution in [2.75, 3.05) is 45.8 Å². The normalized spacial score (nSPS) is 29.8. The molecule has 4 heteroatoms. The second kappa shape index (κ2) is 6.02. The summed E-state index contributed by atoms with van der Waals surface area (Å²) >= 11 is 0. The van der Waals surface area contributed by atoms with Crippen molar-refractivity contribution >= 4 is 5.91 Å². The largest absolute Gasteiger partial charge is 0.340 e. The summed E-state index contributed by atoms with van der Waals surface area (Å²) in [5, 5.41) is 3.36. The molecule has 0 radical (unpaired) electrons. The summed E-state index contributed by atoms with van der Waals surface area (Å²) in [4.78, 5) is 17.3. The molecule has 2 saturated heterocycles. The maximum atomic E-state index is 12.7. The van der Waals surface area contributed by atoms with Crippen LogP contribution in [0.3, 0.4) is 0 Å². The Labute approximate surface area is 111 Å². The summed E-state index contributed by atoms with van der Waals surface area (Å²) in [6.07, 6.45) is 3.18. The lowest BCUT2D eigenvalue weighted by Gasteiger charge is -2.39. The molecule has 104 valence electrons. The molecular formula is C14H27N3O. The number of carbonyl (C=O) groups excluding carboxylic acids is 1. The van der Waals surface area contributed by atoms with E-state index in [0.717, 1.165) is 52.1 Å². The zero-order valence-corrected chi connectivity index (χ0v) is 11.9. The third-order valence-electron chi connectivity index (χ3n) is 4.57. The number of rotatable bonds is 4. The zero-order chi connectivity index (χ0) is 13.0. The van der Waals surface area contributed by atoms with E-state index in [0.29, 0.717) is 5.91 Å². The van der Waals surface area contributed by atoms with Crippen LogP contribution in [-0.4, -0.2) is 61.5 Å². The van der Waals surface area contributed by atoms with Gasteiger partial charge in [-0.2, -0.15) is 0 Å². The quantitative estimate of drug-likeness (QED) is 0.809. The first kappa shape index (κ1) is 13.8.